The number of hydrogen-bond donors (Lipinski definition) is 0. The summed E-state index contributed by atoms with van der Waals surface area (Å²) in [4.78, 5) is 0. The largest absolute Gasteiger partial charge is 0.197 e. The molecule has 0 aliphatic rings. The van der Waals surface area contributed by atoms with Gasteiger partial charge in [0.15, 0.2) is 0 Å². The van der Waals surface area contributed by atoms with Crippen LogP contribution >= 0.6 is 23.2 Å². The van der Waals surface area contributed by atoms with Crippen LogP contribution in [0, 0.1) is 17.2 Å². The Balaban J connectivity index is 3.37. The third-order valence-corrected chi connectivity index (χ3v) is 3.44. The molecule has 0 N–H and O–H groups in total. The summed E-state index contributed by atoms with van der Waals surface area (Å²) in [6.45, 7) is 5.89. The van der Waals surface area contributed by atoms with Crippen molar-refractivity contribution in [2.45, 2.75) is 26.2 Å². The fourth-order valence-electron chi connectivity index (χ4n) is 1.40. The molecule has 0 aliphatic heterocycles. The van der Waals surface area contributed by atoms with Crippen LogP contribution in [0.25, 0.3) is 0 Å². The van der Waals surface area contributed by atoms with Gasteiger partial charge < -0.3 is 0 Å². The van der Waals surface area contributed by atoms with Crippen LogP contribution in [0.1, 0.15) is 26.3 Å². The van der Waals surface area contributed by atoms with Gasteiger partial charge in [0, 0.05) is 10.0 Å². The molecule has 0 saturated heterocycles. The van der Waals surface area contributed by atoms with E-state index in [1.165, 1.54) is 0 Å². The number of nitriles is 1. The maximum atomic E-state index is 9.27. The quantitative estimate of drug-likeness (QED) is 0.752. The summed E-state index contributed by atoms with van der Waals surface area (Å²) in [5, 5.41) is 10.5. The summed E-state index contributed by atoms with van der Waals surface area (Å²) in [7, 11) is 0. The van der Waals surface area contributed by atoms with Gasteiger partial charge in [0.2, 0.25) is 0 Å². The van der Waals surface area contributed by atoms with Gasteiger partial charge in [0.25, 0.3) is 0 Å². The van der Waals surface area contributed by atoms with Crippen molar-refractivity contribution < 1.29 is 0 Å². The van der Waals surface area contributed by atoms with Crippen LogP contribution in [0.15, 0.2) is 18.2 Å². The van der Waals surface area contributed by atoms with Gasteiger partial charge in [0.1, 0.15) is 0 Å². The zero-order valence-electron chi connectivity index (χ0n) is 9.01. The van der Waals surface area contributed by atoms with Crippen molar-refractivity contribution >= 4 is 23.2 Å². The Kier molecular flexibility index (Phi) is 3.65. The number of hydrogen-bond acceptors (Lipinski definition) is 1. The van der Waals surface area contributed by atoms with Gasteiger partial charge in [-0.1, -0.05) is 37.0 Å². The lowest BCUT2D eigenvalue weighted by molar-refractivity contribution is 0.431. The van der Waals surface area contributed by atoms with Crippen LogP contribution in [0.2, 0.25) is 10.0 Å². The Morgan fingerprint density at radius 2 is 1.93 bits per heavy atom. The van der Waals surface area contributed by atoms with Crippen molar-refractivity contribution in [3.05, 3.63) is 33.8 Å². The Morgan fingerprint density at radius 3 is 2.40 bits per heavy atom. The first-order chi connectivity index (χ1) is 6.91. The molecule has 0 amide bonds. The molecule has 80 valence electrons. The van der Waals surface area contributed by atoms with E-state index in [9.17, 15) is 5.26 Å². The molecule has 1 rings (SSSR count). The minimum Gasteiger partial charge on any atom is -0.197 e. The molecule has 0 heterocycles. The normalized spacial score (nSPS) is 14.7. The van der Waals surface area contributed by atoms with Crippen LogP contribution in [-0.2, 0) is 5.41 Å². The van der Waals surface area contributed by atoms with Gasteiger partial charge in [-0.3, -0.25) is 0 Å². The lowest BCUT2D eigenvalue weighted by Crippen LogP contribution is -2.26. The molecule has 1 aromatic carbocycles. The minimum atomic E-state index is -0.595. The van der Waals surface area contributed by atoms with E-state index in [4.69, 9.17) is 23.2 Å². The van der Waals surface area contributed by atoms with Crippen molar-refractivity contribution in [2.24, 2.45) is 5.92 Å². The van der Waals surface area contributed by atoms with Gasteiger partial charge in [-0.15, -0.1) is 0 Å². The maximum Gasteiger partial charge on any atom is 0.0831 e. The monoisotopic (exact) mass is 241 g/mol. The molecule has 0 radical (unpaired) electrons. The second-order valence-electron chi connectivity index (χ2n) is 4.09. The van der Waals surface area contributed by atoms with E-state index in [0.717, 1.165) is 5.56 Å². The molecule has 0 bridgehead atoms. The average molecular weight is 242 g/mol. The molecule has 0 saturated carbocycles. The van der Waals surface area contributed by atoms with Crippen molar-refractivity contribution in [1.29, 1.82) is 5.26 Å². The van der Waals surface area contributed by atoms with Gasteiger partial charge in [-0.05, 0) is 36.6 Å². The zero-order chi connectivity index (χ0) is 11.6. The van der Waals surface area contributed by atoms with E-state index in [0.29, 0.717) is 10.0 Å². The van der Waals surface area contributed by atoms with Crippen LogP contribution in [-0.4, -0.2) is 0 Å². The third-order valence-electron chi connectivity index (χ3n) is 2.87. The molecule has 0 fully saturated rings. The first-order valence-electron chi connectivity index (χ1n) is 4.78. The standard InChI is InChI=1S/C12H13Cl2N/c1-8(2)12(3,7-15)10-6-9(13)4-5-11(10)14/h4-6,8H,1-3H3. The van der Waals surface area contributed by atoms with Crippen LogP contribution < -0.4 is 0 Å². The van der Waals surface area contributed by atoms with Gasteiger partial charge in [-0.2, -0.15) is 5.26 Å². The van der Waals surface area contributed by atoms with E-state index < -0.39 is 5.41 Å². The second kappa shape index (κ2) is 4.43. The van der Waals surface area contributed by atoms with Crippen molar-refractivity contribution in [3.8, 4) is 6.07 Å². The Bertz CT molecular complexity index is 407. The van der Waals surface area contributed by atoms with Gasteiger partial charge in [0.05, 0.1) is 11.5 Å². The van der Waals surface area contributed by atoms with E-state index >= 15 is 0 Å². The van der Waals surface area contributed by atoms with E-state index in [-0.39, 0.29) is 5.92 Å². The van der Waals surface area contributed by atoms with Crippen molar-refractivity contribution in [3.63, 3.8) is 0 Å². The summed E-state index contributed by atoms with van der Waals surface area (Å²) in [5.41, 5.74) is 0.205. The highest BCUT2D eigenvalue weighted by molar-refractivity contribution is 6.33. The topological polar surface area (TPSA) is 23.8 Å². The molecule has 1 aromatic rings. The van der Waals surface area contributed by atoms with E-state index in [2.05, 4.69) is 6.07 Å². The summed E-state index contributed by atoms with van der Waals surface area (Å²) < 4.78 is 0. The molecule has 3 heteroatoms. The molecule has 15 heavy (non-hydrogen) atoms. The molecule has 0 spiro atoms. The first kappa shape index (κ1) is 12.4. The number of rotatable bonds is 2. The predicted molar refractivity (Wildman–Crippen MR) is 64.3 cm³/mol. The predicted octanol–water partition coefficient (Wildman–Crippen LogP) is 4.43. The summed E-state index contributed by atoms with van der Waals surface area (Å²) in [6, 6.07) is 7.55. The molecule has 1 atom stereocenters. The minimum absolute atomic E-state index is 0.179. The highest BCUT2D eigenvalue weighted by atomic mass is 35.5. The van der Waals surface area contributed by atoms with Crippen molar-refractivity contribution in [1.82, 2.24) is 0 Å². The molecule has 0 aliphatic carbocycles. The van der Waals surface area contributed by atoms with Crippen LogP contribution in [0.4, 0.5) is 0 Å². The number of nitrogens with zero attached hydrogens (tertiary/aromatic N) is 1. The lowest BCUT2D eigenvalue weighted by Gasteiger charge is -2.27. The van der Waals surface area contributed by atoms with Crippen LogP contribution in [0.3, 0.4) is 0 Å². The second-order valence-corrected chi connectivity index (χ2v) is 4.94. The lowest BCUT2D eigenvalue weighted by atomic mass is 9.75. The molecule has 1 unspecified atom stereocenters. The highest BCUT2D eigenvalue weighted by Crippen LogP contribution is 2.37. The highest BCUT2D eigenvalue weighted by Gasteiger charge is 2.32. The SMILES string of the molecule is CC(C)C(C)(C#N)c1cc(Cl)ccc1Cl. The average Bonchev–Trinajstić information content (AvgIpc) is 2.20. The van der Waals surface area contributed by atoms with E-state index in [1.54, 1.807) is 18.2 Å². The maximum absolute atomic E-state index is 9.27. The number of halogens is 2. The summed E-state index contributed by atoms with van der Waals surface area (Å²) >= 11 is 12.0. The Labute approximate surface area is 101 Å². The van der Waals surface area contributed by atoms with Gasteiger partial charge >= 0.3 is 0 Å². The fourth-order valence-corrected chi connectivity index (χ4v) is 1.88. The molecule has 0 aromatic heterocycles. The first-order valence-corrected chi connectivity index (χ1v) is 5.54. The van der Waals surface area contributed by atoms with Gasteiger partial charge in [-0.25, -0.2) is 0 Å². The summed E-state index contributed by atoms with van der Waals surface area (Å²) in [6.07, 6.45) is 0. The zero-order valence-corrected chi connectivity index (χ0v) is 10.5. The summed E-state index contributed by atoms with van der Waals surface area (Å²) in [5.74, 6) is 0.179. The van der Waals surface area contributed by atoms with E-state index in [1.807, 2.05) is 20.8 Å². The number of benzene rings is 1. The molecular formula is C12H13Cl2N. The smallest absolute Gasteiger partial charge is 0.0831 e. The molecule has 1 nitrogen and oxygen atoms in total. The Hall–Kier alpha value is -0.710. The Morgan fingerprint density at radius 1 is 1.33 bits per heavy atom. The fraction of sp³-hybridized carbons (Fsp3) is 0.417. The molecular weight excluding hydrogens is 229 g/mol. The van der Waals surface area contributed by atoms with Crippen LogP contribution in [0.5, 0.6) is 0 Å². The third kappa shape index (κ3) is 2.27. The van der Waals surface area contributed by atoms with Crippen molar-refractivity contribution in [2.75, 3.05) is 0 Å².